The minimum atomic E-state index is -0.873. The van der Waals surface area contributed by atoms with Gasteiger partial charge in [0.2, 0.25) is 0 Å². The second-order valence-electron chi connectivity index (χ2n) is 7.85. The number of nitrogens with zero attached hydrogens (tertiary/aromatic N) is 2. The molecule has 1 aliphatic heterocycles. The molecule has 3 heterocycles. The molecule has 29 heavy (non-hydrogen) atoms. The Balaban J connectivity index is 1.61. The van der Waals surface area contributed by atoms with Crippen molar-refractivity contribution < 1.29 is 14.6 Å². The number of anilines is 1. The Morgan fingerprint density at radius 2 is 2.07 bits per heavy atom. The fourth-order valence-corrected chi connectivity index (χ4v) is 3.88. The number of halogens is 1. The topological polar surface area (TPSA) is 100 Å². The van der Waals surface area contributed by atoms with Crippen LogP contribution in [0.4, 0.5) is 5.82 Å². The first-order chi connectivity index (χ1) is 13.8. The molecule has 2 aromatic heterocycles. The largest absolute Gasteiger partial charge is 0.388 e. The monoisotopic (exact) mass is 414 g/mol. The van der Waals surface area contributed by atoms with Gasteiger partial charge in [0.15, 0.2) is 5.78 Å². The van der Waals surface area contributed by atoms with Crippen LogP contribution in [0.3, 0.4) is 0 Å². The summed E-state index contributed by atoms with van der Waals surface area (Å²) in [5.74, 6) is 0.378. The Hall–Kier alpha value is -2.48. The molecule has 8 heteroatoms. The molecule has 152 valence electrons. The van der Waals surface area contributed by atoms with Crippen molar-refractivity contribution in [3.8, 4) is 0 Å². The van der Waals surface area contributed by atoms with E-state index in [2.05, 4.69) is 20.3 Å². The number of rotatable bonds is 5. The normalized spacial score (nSPS) is 20.0. The Morgan fingerprint density at radius 1 is 1.28 bits per heavy atom. The first-order valence-electron chi connectivity index (χ1n) is 9.56. The highest BCUT2D eigenvalue weighted by Gasteiger charge is 2.33. The fourth-order valence-electron chi connectivity index (χ4n) is 3.66. The summed E-state index contributed by atoms with van der Waals surface area (Å²) in [6.45, 7) is 3.95. The van der Waals surface area contributed by atoms with Gasteiger partial charge in [0.05, 0.1) is 40.3 Å². The minimum Gasteiger partial charge on any atom is -0.388 e. The Bertz CT molecular complexity index is 1040. The van der Waals surface area contributed by atoms with Gasteiger partial charge in [-0.2, -0.15) is 0 Å². The molecule has 1 fully saturated rings. The molecular formula is C21H23ClN4O3. The molecule has 3 aromatic rings. The van der Waals surface area contributed by atoms with E-state index < -0.39 is 5.60 Å². The van der Waals surface area contributed by atoms with Gasteiger partial charge in [0.25, 0.3) is 0 Å². The Kier molecular flexibility index (Phi) is 5.29. The maximum Gasteiger partial charge on any atom is 0.196 e. The number of aliphatic hydroxyl groups is 1. The highest BCUT2D eigenvalue weighted by atomic mass is 35.5. The van der Waals surface area contributed by atoms with Crippen LogP contribution in [-0.4, -0.2) is 50.2 Å². The van der Waals surface area contributed by atoms with E-state index in [9.17, 15) is 9.90 Å². The quantitative estimate of drug-likeness (QED) is 0.552. The summed E-state index contributed by atoms with van der Waals surface area (Å²) in [4.78, 5) is 24.8. The molecule has 1 unspecified atom stereocenters. The number of nitrogens with one attached hydrogen (secondary N) is 2. The van der Waals surface area contributed by atoms with Gasteiger partial charge in [-0.1, -0.05) is 23.7 Å². The first kappa shape index (κ1) is 19.8. The average molecular weight is 415 g/mol. The van der Waals surface area contributed by atoms with E-state index in [1.807, 2.05) is 0 Å². The lowest BCUT2D eigenvalue weighted by Gasteiger charge is -2.36. The van der Waals surface area contributed by atoms with Gasteiger partial charge in [0, 0.05) is 11.8 Å². The molecule has 0 radical (unpaired) electrons. The molecule has 1 aromatic carbocycles. The van der Waals surface area contributed by atoms with Crippen molar-refractivity contribution in [1.29, 1.82) is 0 Å². The van der Waals surface area contributed by atoms with E-state index in [1.165, 1.54) is 6.33 Å². The zero-order valence-electron chi connectivity index (χ0n) is 16.3. The second kappa shape index (κ2) is 7.74. The maximum atomic E-state index is 13.1. The zero-order valence-corrected chi connectivity index (χ0v) is 17.0. The van der Waals surface area contributed by atoms with Gasteiger partial charge in [-0.15, -0.1) is 0 Å². The van der Waals surface area contributed by atoms with Crippen LogP contribution in [0.5, 0.6) is 0 Å². The van der Waals surface area contributed by atoms with Crippen LogP contribution in [0.15, 0.2) is 36.8 Å². The minimum absolute atomic E-state index is 0.0184. The van der Waals surface area contributed by atoms with Crippen LogP contribution < -0.4 is 5.32 Å². The number of carbonyl (C=O) groups excluding carboxylic acids is 1. The molecule has 4 rings (SSSR count). The summed E-state index contributed by atoms with van der Waals surface area (Å²) < 4.78 is 5.84. The van der Waals surface area contributed by atoms with Crippen molar-refractivity contribution in [2.75, 3.05) is 11.9 Å². The lowest BCUT2D eigenvalue weighted by atomic mass is 9.93. The number of H-pyrrole nitrogens is 1. The molecule has 0 aliphatic carbocycles. The van der Waals surface area contributed by atoms with Gasteiger partial charge in [-0.3, -0.25) is 4.79 Å². The number of hydrogen-bond donors (Lipinski definition) is 3. The summed E-state index contributed by atoms with van der Waals surface area (Å²) in [6, 6.07) is 6.98. The van der Waals surface area contributed by atoms with E-state index in [0.717, 1.165) is 12.8 Å². The fraction of sp³-hybridized carbons (Fsp3) is 0.381. The SMILES string of the molecule is CC(C)(O)C1CC[C@@H](Nc2ncnc3[nH]cc(C(=O)c4ccccc4Cl)c23)CO1. The molecule has 0 amide bonds. The van der Waals surface area contributed by atoms with E-state index in [0.29, 0.717) is 39.6 Å². The van der Waals surface area contributed by atoms with Crippen molar-refractivity contribution in [3.63, 3.8) is 0 Å². The van der Waals surface area contributed by atoms with E-state index in [-0.39, 0.29) is 17.9 Å². The van der Waals surface area contributed by atoms with E-state index in [1.54, 1.807) is 44.3 Å². The summed E-state index contributed by atoms with van der Waals surface area (Å²) in [5.41, 5.74) is 0.590. The van der Waals surface area contributed by atoms with Crippen LogP contribution >= 0.6 is 11.6 Å². The van der Waals surface area contributed by atoms with Crippen molar-refractivity contribution in [2.24, 2.45) is 0 Å². The molecule has 0 saturated carbocycles. The molecule has 0 spiro atoms. The molecule has 0 bridgehead atoms. The molecule has 2 atom stereocenters. The number of ether oxygens (including phenoxy) is 1. The van der Waals surface area contributed by atoms with Crippen LogP contribution in [0.1, 0.15) is 42.6 Å². The van der Waals surface area contributed by atoms with Gasteiger partial charge in [0.1, 0.15) is 17.8 Å². The lowest BCUT2D eigenvalue weighted by Crippen LogP contribution is -2.45. The predicted molar refractivity (Wildman–Crippen MR) is 111 cm³/mol. The molecule has 7 nitrogen and oxygen atoms in total. The van der Waals surface area contributed by atoms with Crippen molar-refractivity contribution in [1.82, 2.24) is 15.0 Å². The lowest BCUT2D eigenvalue weighted by molar-refractivity contribution is -0.110. The molecule has 1 saturated heterocycles. The predicted octanol–water partition coefficient (Wildman–Crippen LogP) is 3.57. The van der Waals surface area contributed by atoms with Crippen molar-refractivity contribution in [2.45, 2.75) is 44.4 Å². The maximum absolute atomic E-state index is 13.1. The van der Waals surface area contributed by atoms with Crippen molar-refractivity contribution >= 4 is 34.2 Å². The molecular weight excluding hydrogens is 392 g/mol. The number of aromatic nitrogens is 3. The summed E-state index contributed by atoms with van der Waals surface area (Å²) in [5, 5.41) is 14.5. The van der Waals surface area contributed by atoms with Gasteiger partial charge in [-0.05, 0) is 38.8 Å². The summed E-state index contributed by atoms with van der Waals surface area (Å²) in [7, 11) is 0. The van der Waals surface area contributed by atoms with E-state index in [4.69, 9.17) is 16.3 Å². The third kappa shape index (κ3) is 3.99. The number of aromatic amines is 1. The Morgan fingerprint density at radius 3 is 2.76 bits per heavy atom. The zero-order chi connectivity index (χ0) is 20.6. The molecule has 3 N–H and O–H groups in total. The molecule has 1 aliphatic rings. The highest BCUT2D eigenvalue weighted by Crippen LogP contribution is 2.30. The highest BCUT2D eigenvalue weighted by molar-refractivity contribution is 6.35. The Labute approximate surface area is 173 Å². The number of carbonyl (C=O) groups is 1. The number of hydrogen-bond acceptors (Lipinski definition) is 6. The van der Waals surface area contributed by atoms with Gasteiger partial charge >= 0.3 is 0 Å². The summed E-state index contributed by atoms with van der Waals surface area (Å²) in [6.07, 6.45) is 4.44. The van der Waals surface area contributed by atoms with Crippen LogP contribution in [0, 0.1) is 0 Å². The average Bonchev–Trinajstić information content (AvgIpc) is 3.13. The second-order valence-corrected chi connectivity index (χ2v) is 8.26. The number of fused-ring (bicyclic) bond motifs is 1. The number of benzene rings is 1. The smallest absolute Gasteiger partial charge is 0.196 e. The third-order valence-electron chi connectivity index (χ3n) is 5.24. The summed E-state index contributed by atoms with van der Waals surface area (Å²) >= 11 is 6.22. The van der Waals surface area contributed by atoms with Crippen LogP contribution in [-0.2, 0) is 4.74 Å². The first-order valence-corrected chi connectivity index (χ1v) is 9.94. The van der Waals surface area contributed by atoms with Crippen molar-refractivity contribution in [3.05, 3.63) is 52.9 Å². The van der Waals surface area contributed by atoms with Gasteiger partial charge < -0.3 is 20.1 Å². The standard InChI is InChI=1S/C21H23ClN4O3/c1-21(2,28)16-8-7-12(10-29-16)26-20-17-14(9-23-19(17)24-11-25-20)18(27)13-5-3-4-6-15(13)22/h3-6,9,11-12,16,28H,7-8,10H2,1-2H3,(H2,23,24,25,26)/t12-,16?/m1/s1. The van der Waals surface area contributed by atoms with Crippen LogP contribution in [0.2, 0.25) is 5.02 Å². The van der Waals surface area contributed by atoms with Gasteiger partial charge in [-0.25, -0.2) is 9.97 Å². The number of ketones is 1. The van der Waals surface area contributed by atoms with Crippen LogP contribution in [0.25, 0.3) is 11.0 Å². The third-order valence-corrected chi connectivity index (χ3v) is 5.57. The van der Waals surface area contributed by atoms with E-state index >= 15 is 0 Å².